The maximum atomic E-state index is 13.6. The van der Waals surface area contributed by atoms with E-state index in [1.807, 2.05) is 17.2 Å². The Morgan fingerprint density at radius 1 is 1.27 bits per heavy atom. The van der Waals surface area contributed by atoms with E-state index in [1.165, 1.54) is 5.19 Å². The van der Waals surface area contributed by atoms with Crippen LogP contribution in [0.4, 0.5) is 5.69 Å². The van der Waals surface area contributed by atoms with Crippen LogP contribution < -0.4 is 10.1 Å². The van der Waals surface area contributed by atoms with Crippen molar-refractivity contribution in [2.75, 3.05) is 18.1 Å². The summed E-state index contributed by atoms with van der Waals surface area (Å²) in [5, 5.41) is 1.21. The predicted octanol–water partition coefficient (Wildman–Crippen LogP) is 2.71. The van der Waals surface area contributed by atoms with Crippen molar-refractivity contribution in [1.82, 2.24) is 9.80 Å². The van der Waals surface area contributed by atoms with Gasteiger partial charge >= 0.3 is 0 Å². The Morgan fingerprint density at radius 2 is 2.00 bits per heavy atom. The molecule has 138 valence electrons. The van der Waals surface area contributed by atoms with Crippen molar-refractivity contribution in [3.05, 3.63) is 35.7 Å². The fraction of sp³-hybridized carbons (Fsp3) is 0.500. The van der Waals surface area contributed by atoms with Crippen LogP contribution >= 0.6 is 0 Å². The molecule has 3 aliphatic rings. The highest BCUT2D eigenvalue weighted by atomic mass is 28.3. The minimum absolute atomic E-state index is 0.0388. The molecule has 1 atom stereocenters. The summed E-state index contributed by atoms with van der Waals surface area (Å²) in [6.45, 7) is 11.9. The molecule has 0 saturated carbocycles. The topological polar surface area (TPSA) is 43.9 Å². The van der Waals surface area contributed by atoms with Gasteiger partial charge in [-0.25, -0.2) is 0 Å². The summed E-state index contributed by atoms with van der Waals surface area (Å²) in [6, 6.07) is 6.24. The standard InChI is InChI=1S/C20H27N3O2Si/c1-6-20-10-11-23(20)19(25)18-15(8-7-9-16(18)26(3,4)5)22-13-21(14(2)24)12-17(20)22/h7-9,12H,6,10-11,13H2,1-5H3. The van der Waals surface area contributed by atoms with Gasteiger partial charge in [0.15, 0.2) is 0 Å². The molecule has 5 nitrogen and oxygen atoms in total. The van der Waals surface area contributed by atoms with Crippen molar-refractivity contribution < 1.29 is 9.59 Å². The van der Waals surface area contributed by atoms with Gasteiger partial charge in [0.2, 0.25) is 5.91 Å². The zero-order valence-corrected chi connectivity index (χ0v) is 17.3. The van der Waals surface area contributed by atoms with Gasteiger partial charge in [-0.05, 0) is 24.1 Å². The molecule has 26 heavy (non-hydrogen) atoms. The molecule has 2 amide bonds. The molecule has 0 radical (unpaired) electrons. The van der Waals surface area contributed by atoms with Crippen molar-refractivity contribution in [1.29, 1.82) is 0 Å². The Balaban J connectivity index is 1.98. The Hall–Kier alpha value is -2.08. The Morgan fingerprint density at radius 3 is 2.54 bits per heavy atom. The maximum Gasteiger partial charge on any atom is 0.256 e. The highest BCUT2D eigenvalue weighted by Crippen LogP contribution is 2.49. The third-order valence-electron chi connectivity index (χ3n) is 6.19. The summed E-state index contributed by atoms with van der Waals surface area (Å²) in [7, 11) is -1.70. The van der Waals surface area contributed by atoms with E-state index in [4.69, 9.17) is 0 Å². The molecule has 1 fully saturated rings. The van der Waals surface area contributed by atoms with Crippen molar-refractivity contribution in [2.45, 2.75) is 51.9 Å². The van der Waals surface area contributed by atoms with Crippen LogP contribution in [0.5, 0.6) is 0 Å². The van der Waals surface area contributed by atoms with Crippen LogP contribution in [0.3, 0.4) is 0 Å². The van der Waals surface area contributed by atoms with Crippen molar-refractivity contribution >= 4 is 30.8 Å². The normalized spacial score (nSPS) is 24.4. The third-order valence-corrected chi connectivity index (χ3v) is 8.23. The van der Waals surface area contributed by atoms with Gasteiger partial charge in [0, 0.05) is 19.7 Å². The van der Waals surface area contributed by atoms with Crippen LogP contribution in [0.2, 0.25) is 19.6 Å². The van der Waals surface area contributed by atoms with Gasteiger partial charge in [-0.15, -0.1) is 0 Å². The highest BCUT2D eigenvalue weighted by molar-refractivity contribution is 6.89. The third kappa shape index (κ3) is 2.14. The van der Waals surface area contributed by atoms with Crippen LogP contribution in [0.1, 0.15) is 37.0 Å². The van der Waals surface area contributed by atoms with Gasteiger partial charge in [0.05, 0.1) is 30.6 Å². The fourth-order valence-electron chi connectivity index (χ4n) is 4.61. The molecule has 0 bridgehead atoms. The predicted molar refractivity (Wildman–Crippen MR) is 106 cm³/mol. The van der Waals surface area contributed by atoms with Gasteiger partial charge in [-0.3, -0.25) is 14.5 Å². The van der Waals surface area contributed by atoms with E-state index < -0.39 is 8.07 Å². The molecule has 1 saturated heterocycles. The lowest BCUT2D eigenvalue weighted by Gasteiger charge is -2.53. The van der Waals surface area contributed by atoms with Crippen molar-refractivity contribution in [3.8, 4) is 0 Å². The molecule has 1 unspecified atom stereocenters. The lowest BCUT2D eigenvalue weighted by molar-refractivity contribution is -0.125. The maximum absolute atomic E-state index is 13.6. The number of hydrogen-bond donors (Lipinski definition) is 0. The first-order valence-electron chi connectivity index (χ1n) is 9.43. The molecule has 0 spiro atoms. The molecule has 0 N–H and O–H groups in total. The molecule has 1 aromatic rings. The first-order chi connectivity index (χ1) is 12.2. The Labute approximate surface area is 156 Å². The largest absolute Gasteiger partial charge is 0.327 e. The molecular weight excluding hydrogens is 342 g/mol. The van der Waals surface area contributed by atoms with Gasteiger partial charge in [0.1, 0.15) is 6.67 Å². The molecule has 3 heterocycles. The summed E-state index contributed by atoms with van der Waals surface area (Å²) < 4.78 is 0. The number of fused-ring (bicyclic) bond motifs is 5. The van der Waals surface area contributed by atoms with E-state index in [9.17, 15) is 9.59 Å². The molecule has 0 aromatic heterocycles. The monoisotopic (exact) mass is 369 g/mol. The first-order valence-corrected chi connectivity index (χ1v) is 12.9. The van der Waals surface area contributed by atoms with E-state index in [0.29, 0.717) is 6.67 Å². The van der Waals surface area contributed by atoms with Crippen molar-refractivity contribution in [3.63, 3.8) is 0 Å². The number of carbonyl (C=O) groups excluding carboxylic acids is 2. The van der Waals surface area contributed by atoms with E-state index in [2.05, 4.69) is 43.6 Å². The van der Waals surface area contributed by atoms with Crippen LogP contribution in [-0.2, 0) is 4.79 Å². The quantitative estimate of drug-likeness (QED) is 0.753. The number of amides is 2. The van der Waals surface area contributed by atoms with Gasteiger partial charge in [0.25, 0.3) is 5.91 Å². The van der Waals surface area contributed by atoms with E-state index in [1.54, 1.807) is 11.8 Å². The number of nitrogens with zero attached hydrogens (tertiary/aromatic N) is 3. The Bertz CT molecular complexity index is 838. The van der Waals surface area contributed by atoms with Crippen LogP contribution in [0, 0.1) is 0 Å². The second-order valence-electron chi connectivity index (χ2n) is 8.61. The van der Waals surface area contributed by atoms with Gasteiger partial charge < -0.3 is 9.80 Å². The Kier molecular flexibility index (Phi) is 3.64. The highest BCUT2D eigenvalue weighted by Gasteiger charge is 2.55. The molecule has 0 aliphatic carbocycles. The number of anilines is 1. The van der Waals surface area contributed by atoms with E-state index >= 15 is 0 Å². The SMILES string of the molecule is CCC12CCN1C(=O)c1c(cccc1[Si](C)(C)C)N1CN(C(C)=O)C=C12. The molecular formula is C20H27N3O2Si. The summed E-state index contributed by atoms with van der Waals surface area (Å²) in [6.07, 6.45) is 3.80. The number of rotatable bonds is 2. The average Bonchev–Trinajstić information content (AvgIpc) is 2.97. The average molecular weight is 370 g/mol. The molecule has 3 aliphatic heterocycles. The zero-order chi connectivity index (χ0) is 18.9. The second kappa shape index (κ2) is 5.46. The summed E-state index contributed by atoms with van der Waals surface area (Å²) in [5.74, 6) is 0.202. The minimum atomic E-state index is -1.70. The lowest BCUT2D eigenvalue weighted by atomic mass is 9.79. The second-order valence-corrected chi connectivity index (χ2v) is 13.7. The minimum Gasteiger partial charge on any atom is -0.327 e. The molecule has 4 rings (SSSR count). The summed E-state index contributed by atoms with van der Waals surface area (Å²) >= 11 is 0. The number of hydrogen-bond acceptors (Lipinski definition) is 3. The van der Waals surface area contributed by atoms with E-state index in [0.717, 1.165) is 36.3 Å². The smallest absolute Gasteiger partial charge is 0.256 e. The molecule has 6 heteroatoms. The summed E-state index contributed by atoms with van der Waals surface area (Å²) in [5.41, 5.74) is 2.64. The number of benzene rings is 1. The fourth-order valence-corrected chi connectivity index (χ4v) is 6.19. The van der Waals surface area contributed by atoms with E-state index in [-0.39, 0.29) is 17.4 Å². The lowest BCUT2D eigenvalue weighted by Crippen LogP contribution is -2.63. The van der Waals surface area contributed by atoms with Crippen LogP contribution in [0.15, 0.2) is 30.1 Å². The number of carbonyl (C=O) groups is 2. The van der Waals surface area contributed by atoms with Crippen LogP contribution in [0.25, 0.3) is 0 Å². The zero-order valence-electron chi connectivity index (χ0n) is 16.3. The van der Waals surface area contributed by atoms with Gasteiger partial charge in [-0.1, -0.05) is 38.7 Å². The first kappa shape index (κ1) is 17.3. The molecule has 1 aromatic carbocycles. The summed E-state index contributed by atoms with van der Waals surface area (Å²) in [4.78, 5) is 31.7. The van der Waals surface area contributed by atoms with Gasteiger partial charge in [-0.2, -0.15) is 0 Å². The van der Waals surface area contributed by atoms with Crippen LogP contribution in [-0.4, -0.2) is 48.4 Å². The van der Waals surface area contributed by atoms with Crippen molar-refractivity contribution in [2.24, 2.45) is 0 Å².